The summed E-state index contributed by atoms with van der Waals surface area (Å²) in [6.07, 6.45) is 3.66. The smallest absolute Gasteiger partial charge is 0.326 e. The fourth-order valence-electron chi connectivity index (χ4n) is 8.72. The average molecular weight is 1140 g/mol. The number of aliphatic hydroxyl groups is 2. The Labute approximate surface area is 464 Å². The van der Waals surface area contributed by atoms with E-state index in [0.29, 0.717) is 20.8 Å². The minimum atomic E-state index is -1.81. The Bertz CT molecular complexity index is 2940. The lowest BCUT2D eigenvalue weighted by Gasteiger charge is -2.40. The van der Waals surface area contributed by atoms with Gasteiger partial charge in [-0.1, -0.05) is 52.0 Å². The van der Waals surface area contributed by atoms with Gasteiger partial charge in [0.25, 0.3) is 11.8 Å². The predicted octanol–water partition coefficient (Wildman–Crippen LogP) is -0.161. The second-order valence-electron chi connectivity index (χ2n) is 19.2. The van der Waals surface area contributed by atoms with Crippen molar-refractivity contribution in [2.24, 2.45) is 23.3 Å². The number of nitrogens with two attached hydrogens (primary N) is 2. The average Bonchev–Trinajstić information content (AvgIpc) is 3.45. The number of para-hydroxylation sites is 4. The molecule has 4 rings (SSSR count). The van der Waals surface area contributed by atoms with Gasteiger partial charge in [0.15, 0.2) is 0 Å². The number of aliphatic carboxylic acids is 2. The normalized spacial score (nSPS) is 14.9. The van der Waals surface area contributed by atoms with Crippen LogP contribution in [0.1, 0.15) is 62.5 Å². The molecule has 428 valence electrons. The number of aromatic nitrogens is 4. The lowest BCUT2D eigenvalue weighted by Crippen LogP contribution is -2.62. The third kappa shape index (κ3) is 14.5. The summed E-state index contributed by atoms with van der Waals surface area (Å²) in [7, 11) is 4.70. The van der Waals surface area contributed by atoms with Crippen molar-refractivity contribution < 1.29 is 68.4 Å². The Morgan fingerprint density at radius 2 is 0.873 bits per heavy atom. The van der Waals surface area contributed by atoms with Gasteiger partial charge in [0, 0.05) is 33.9 Å². The van der Waals surface area contributed by atoms with E-state index in [1.807, 2.05) is 0 Å². The van der Waals surface area contributed by atoms with Gasteiger partial charge in [0.05, 0.1) is 52.3 Å². The molecule has 8 N–H and O–H groups in total. The summed E-state index contributed by atoms with van der Waals surface area (Å²) in [5.74, 6) is -13.6. The molecule has 0 radical (unpaired) electrons. The van der Waals surface area contributed by atoms with Crippen molar-refractivity contribution in [3.63, 3.8) is 0 Å². The first-order valence-corrected chi connectivity index (χ1v) is 27.0. The summed E-state index contributed by atoms with van der Waals surface area (Å²) in [5, 5.41) is 40.5. The highest BCUT2D eigenvalue weighted by Crippen LogP contribution is 2.33. The van der Waals surface area contributed by atoms with E-state index in [4.69, 9.17) is 11.5 Å². The number of carbonyl (C=O) groups excluding carboxylic acids is 8. The van der Waals surface area contributed by atoms with Crippen LogP contribution in [0.5, 0.6) is 0 Å². The number of thioether (sulfide) groups is 2. The SMILES string of the molecule is CSC(SCC(C(=O)N(C)C(C(=O)O)C(C)C)N(C)C(=O)C(C)N(C(=O)c1cnc2ccccc2n1)C(=O)C(N)CO)C(C(=O)N(C)C(C(=O)O)C(C)C)N(C)C(=O)C(C)N(C(=O)c1cnc2ccccc2n1)C(=O)C(N)CO. The molecule has 28 heteroatoms. The van der Waals surface area contributed by atoms with Crippen LogP contribution in [-0.4, -0.2) is 235 Å². The van der Waals surface area contributed by atoms with Crippen LogP contribution in [-0.2, 0) is 38.4 Å². The number of carboxylic acid groups (broad SMARTS) is 2. The van der Waals surface area contributed by atoms with Crippen molar-refractivity contribution in [2.45, 2.75) is 94.5 Å². The molecule has 79 heavy (non-hydrogen) atoms. The van der Waals surface area contributed by atoms with Gasteiger partial charge in [0.2, 0.25) is 35.4 Å². The first-order valence-electron chi connectivity index (χ1n) is 24.7. The molecule has 8 amide bonds. The van der Waals surface area contributed by atoms with Crippen molar-refractivity contribution >= 4 is 105 Å². The second kappa shape index (κ2) is 28.1. The van der Waals surface area contributed by atoms with Crippen molar-refractivity contribution in [3.8, 4) is 0 Å². The quantitative estimate of drug-likeness (QED) is 0.0470. The molecule has 0 aliphatic heterocycles. The largest absolute Gasteiger partial charge is 0.480 e. The maximum Gasteiger partial charge on any atom is 0.326 e. The molecule has 0 aliphatic carbocycles. The van der Waals surface area contributed by atoms with E-state index in [9.17, 15) is 63.6 Å². The van der Waals surface area contributed by atoms with Crippen LogP contribution < -0.4 is 11.5 Å². The Morgan fingerprint density at radius 3 is 1.23 bits per heavy atom. The first-order chi connectivity index (χ1) is 37.1. The molecule has 9 unspecified atom stereocenters. The summed E-state index contributed by atoms with van der Waals surface area (Å²) in [6, 6.07) is -0.506. The minimum absolute atomic E-state index is 0.253. The molecular formula is C51H68N12O14S2. The maximum atomic E-state index is 15.0. The van der Waals surface area contributed by atoms with Crippen LogP contribution in [0, 0.1) is 11.8 Å². The number of rotatable bonds is 25. The van der Waals surface area contributed by atoms with Gasteiger partial charge in [-0.05, 0) is 56.2 Å². The van der Waals surface area contributed by atoms with Crippen LogP contribution in [0.15, 0.2) is 60.9 Å². The number of likely N-dealkylation sites (N-methyl/N-ethyl adjacent to an activating group) is 4. The number of benzene rings is 2. The maximum absolute atomic E-state index is 15.0. The molecular weight excluding hydrogens is 1070 g/mol. The third-order valence-corrected chi connectivity index (χ3v) is 15.9. The zero-order valence-corrected chi connectivity index (χ0v) is 47.2. The Morgan fingerprint density at radius 1 is 0.519 bits per heavy atom. The second-order valence-corrected chi connectivity index (χ2v) is 21.6. The summed E-state index contributed by atoms with van der Waals surface area (Å²) in [6.45, 7) is 6.57. The van der Waals surface area contributed by atoms with Crippen molar-refractivity contribution in [1.29, 1.82) is 0 Å². The van der Waals surface area contributed by atoms with Gasteiger partial charge in [0.1, 0.15) is 59.7 Å². The fraction of sp³-hybridized carbons (Fsp3) is 0.490. The standard InChI is InChI=1S/C51H68N12O14S2/c1-25(2)38(49(74)75)59(8)47(72)37(58(7)41(66)27(5)62(43(68)29(52)22-64)45(70)35-20-54-31-16-12-14-18-33(31)56-35)24-79-51(78-11)40(48(73)60(9)39(26(3)4)50(76)77)61(10)42(67)28(6)63(44(69)30(53)23-65)46(71)36-21-55-32-17-13-15-19-34(32)57-36/h12-21,25-30,37-40,51,64-65H,22-24,52-53H2,1-11H3,(H,74,75)(H,76,77). The topological polar surface area (TPSA) is 375 Å². The van der Waals surface area contributed by atoms with Gasteiger partial charge < -0.3 is 51.5 Å². The zero-order chi connectivity index (χ0) is 59.5. The number of carboxylic acids is 2. The van der Waals surface area contributed by atoms with Crippen LogP contribution in [0.4, 0.5) is 0 Å². The van der Waals surface area contributed by atoms with Crippen molar-refractivity contribution in [1.82, 2.24) is 49.3 Å². The Kier molecular flexibility index (Phi) is 22.8. The number of amides is 8. The van der Waals surface area contributed by atoms with E-state index in [1.165, 1.54) is 20.4 Å². The summed E-state index contributed by atoms with van der Waals surface area (Å²) >= 11 is 1.75. The van der Waals surface area contributed by atoms with E-state index in [-0.39, 0.29) is 11.0 Å². The van der Waals surface area contributed by atoms with E-state index in [2.05, 4.69) is 19.9 Å². The number of carbonyl (C=O) groups is 10. The molecule has 0 bridgehead atoms. The van der Waals surface area contributed by atoms with Gasteiger partial charge >= 0.3 is 11.9 Å². The molecule has 0 aliphatic rings. The highest BCUT2D eigenvalue weighted by Gasteiger charge is 2.47. The number of aliphatic hydroxyl groups excluding tert-OH is 2. The van der Waals surface area contributed by atoms with Crippen molar-refractivity contribution in [2.75, 3.05) is 53.4 Å². The molecule has 0 saturated carbocycles. The van der Waals surface area contributed by atoms with E-state index >= 15 is 4.79 Å². The fourth-order valence-corrected chi connectivity index (χ4v) is 11.3. The summed E-state index contributed by atoms with van der Waals surface area (Å²) < 4.78 is -1.24. The molecule has 0 spiro atoms. The lowest BCUT2D eigenvalue weighted by molar-refractivity contribution is -0.155. The third-order valence-electron chi connectivity index (χ3n) is 13.1. The molecule has 0 fully saturated rings. The number of fused-ring (bicyclic) bond motifs is 2. The van der Waals surface area contributed by atoms with Crippen LogP contribution in [0.3, 0.4) is 0 Å². The lowest BCUT2D eigenvalue weighted by atomic mass is 10.0. The Balaban J connectivity index is 1.87. The monoisotopic (exact) mass is 1140 g/mol. The number of hydrogen-bond acceptors (Lipinski definition) is 20. The van der Waals surface area contributed by atoms with Crippen molar-refractivity contribution in [3.05, 3.63) is 72.3 Å². The number of nitrogens with zero attached hydrogens (tertiary/aromatic N) is 10. The van der Waals surface area contributed by atoms with E-state index in [0.717, 1.165) is 83.5 Å². The summed E-state index contributed by atoms with van der Waals surface area (Å²) in [4.78, 5) is 163. The molecule has 26 nitrogen and oxygen atoms in total. The highest BCUT2D eigenvalue weighted by atomic mass is 32.2. The molecule has 9 atom stereocenters. The van der Waals surface area contributed by atoms with E-state index in [1.54, 1.807) is 76.2 Å². The van der Waals surface area contributed by atoms with Crippen LogP contribution in [0.25, 0.3) is 22.1 Å². The molecule has 4 aromatic rings. The molecule has 2 heterocycles. The first kappa shape index (κ1) is 64.3. The predicted molar refractivity (Wildman–Crippen MR) is 291 cm³/mol. The minimum Gasteiger partial charge on any atom is -0.480 e. The van der Waals surface area contributed by atoms with Gasteiger partial charge in [-0.25, -0.2) is 19.6 Å². The van der Waals surface area contributed by atoms with Gasteiger partial charge in [-0.3, -0.25) is 58.1 Å². The van der Waals surface area contributed by atoms with E-state index < -0.39 is 154 Å². The molecule has 2 aromatic carbocycles. The highest BCUT2D eigenvalue weighted by molar-refractivity contribution is 8.16. The number of imide groups is 2. The van der Waals surface area contributed by atoms with Gasteiger partial charge in [-0.15, -0.1) is 23.5 Å². The molecule has 2 aromatic heterocycles. The number of hydrogen-bond donors (Lipinski definition) is 6. The summed E-state index contributed by atoms with van der Waals surface area (Å²) in [5.41, 5.74) is 12.4. The van der Waals surface area contributed by atoms with Crippen LogP contribution in [0.2, 0.25) is 0 Å². The zero-order valence-electron chi connectivity index (χ0n) is 45.6. The Hall–Kier alpha value is -7.24. The van der Waals surface area contributed by atoms with Gasteiger partial charge in [-0.2, -0.15) is 0 Å². The molecule has 0 saturated heterocycles. The van der Waals surface area contributed by atoms with Crippen LogP contribution >= 0.6 is 23.5 Å².